The Bertz CT molecular complexity index is 305. The first-order valence-corrected chi connectivity index (χ1v) is 5.64. The highest BCUT2D eigenvalue weighted by Gasteiger charge is 2.20. The molecule has 1 atom stereocenters. The van der Waals surface area contributed by atoms with Crippen LogP contribution in [0.1, 0.15) is 25.0 Å². The maximum absolute atomic E-state index is 5.59. The Balaban J connectivity index is 1.89. The zero-order valence-corrected chi connectivity index (χ0v) is 9.49. The molecule has 0 aliphatic carbocycles. The first-order valence-electron chi connectivity index (χ1n) is 5.64. The lowest BCUT2D eigenvalue weighted by Gasteiger charge is -2.21. The van der Waals surface area contributed by atoms with Crippen LogP contribution < -0.4 is 5.32 Å². The summed E-state index contributed by atoms with van der Waals surface area (Å²) >= 11 is 0. The Kier molecular flexibility index (Phi) is 3.38. The summed E-state index contributed by atoms with van der Waals surface area (Å²) in [5.41, 5.74) is 0. The summed E-state index contributed by atoms with van der Waals surface area (Å²) in [6, 6.07) is 0.627. The van der Waals surface area contributed by atoms with E-state index in [0.29, 0.717) is 6.04 Å². The maximum atomic E-state index is 5.59. The van der Waals surface area contributed by atoms with E-state index in [0.717, 1.165) is 37.7 Å². The fraction of sp³-hybridized carbons (Fsp3) is 0.727. The molecule has 84 valence electrons. The van der Waals surface area contributed by atoms with E-state index in [2.05, 4.69) is 29.2 Å². The lowest BCUT2D eigenvalue weighted by atomic mass is 10.2. The van der Waals surface area contributed by atoms with Crippen molar-refractivity contribution in [1.29, 1.82) is 0 Å². The predicted molar refractivity (Wildman–Crippen MR) is 58.6 cm³/mol. The molecular formula is C11H19N3O. The van der Waals surface area contributed by atoms with E-state index in [-0.39, 0.29) is 0 Å². The van der Waals surface area contributed by atoms with Crippen LogP contribution in [-0.4, -0.2) is 36.1 Å². The molecule has 4 heteroatoms. The van der Waals surface area contributed by atoms with Gasteiger partial charge in [0.1, 0.15) is 5.76 Å². The van der Waals surface area contributed by atoms with E-state index in [9.17, 15) is 0 Å². The molecule has 0 bridgehead atoms. The number of nitrogens with one attached hydrogen (secondary N) is 1. The number of hydrogen-bond donors (Lipinski definition) is 1. The Labute approximate surface area is 90.7 Å². The molecule has 1 aliphatic heterocycles. The first-order chi connectivity index (χ1) is 7.29. The van der Waals surface area contributed by atoms with Gasteiger partial charge in [0.2, 0.25) is 5.89 Å². The molecule has 1 saturated heterocycles. The minimum atomic E-state index is 0.627. The minimum Gasteiger partial charge on any atom is -0.444 e. The highest BCUT2D eigenvalue weighted by atomic mass is 16.4. The number of aromatic nitrogens is 1. The fourth-order valence-electron chi connectivity index (χ4n) is 1.94. The molecule has 1 aromatic heterocycles. The molecule has 1 aliphatic rings. The van der Waals surface area contributed by atoms with Gasteiger partial charge in [0.05, 0.1) is 12.7 Å². The van der Waals surface area contributed by atoms with Crippen LogP contribution in [0.5, 0.6) is 0 Å². The summed E-state index contributed by atoms with van der Waals surface area (Å²) < 4.78 is 5.59. The number of hydrogen-bond acceptors (Lipinski definition) is 4. The third-order valence-corrected chi connectivity index (χ3v) is 2.99. The van der Waals surface area contributed by atoms with Crippen LogP contribution in [0.2, 0.25) is 0 Å². The van der Waals surface area contributed by atoms with E-state index in [1.165, 1.54) is 6.42 Å². The standard InChI is InChI=1S/C11H19N3O/c1-3-10-7-13-11(15-10)8-14(2)9-4-5-12-6-9/h7,9,12H,3-6,8H2,1-2H3/t9-/m1/s1. The second kappa shape index (κ2) is 4.77. The highest BCUT2D eigenvalue weighted by Crippen LogP contribution is 2.11. The van der Waals surface area contributed by atoms with Gasteiger partial charge in [-0.25, -0.2) is 4.98 Å². The van der Waals surface area contributed by atoms with E-state index in [4.69, 9.17) is 4.42 Å². The van der Waals surface area contributed by atoms with Gasteiger partial charge in [-0.1, -0.05) is 6.92 Å². The zero-order chi connectivity index (χ0) is 10.7. The normalized spacial score (nSPS) is 21.4. The molecule has 2 rings (SSSR count). The van der Waals surface area contributed by atoms with E-state index < -0.39 is 0 Å². The van der Waals surface area contributed by atoms with Crippen LogP contribution in [0.4, 0.5) is 0 Å². The molecule has 0 radical (unpaired) electrons. The van der Waals surface area contributed by atoms with Crippen LogP contribution >= 0.6 is 0 Å². The van der Waals surface area contributed by atoms with Gasteiger partial charge in [0.25, 0.3) is 0 Å². The second-order valence-electron chi connectivity index (χ2n) is 4.14. The van der Waals surface area contributed by atoms with Gasteiger partial charge in [0, 0.05) is 19.0 Å². The Morgan fingerprint density at radius 1 is 1.67 bits per heavy atom. The molecule has 0 aromatic carbocycles. The number of rotatable bonds is 4. The molecule has 0 spiro atoms. The lowest BCUT2D eigenvalue weighted by Crippen LogP contribution is -2.32. The molecule has 0 saturated carbocycles. The van der Waals surface area contributed by atoms with Crippen molar-refractivity contribution in [1.82, 2.24) is 15.2 Å². The topological polar surface area (TPSA) is 41.3 Å². The van der Waals surface area contributed by atoms with Gasteiger partial charge in [0.15, 0.2) is 0 Å². The van der Waals surface area contributed by atoms with Crippen LogP contribution in [0.3, 0.4) is 0 Å². The van der Waals surface area contributed by atoms with Gasteiger partial charge in [-0.15, -0.1) is 0 Å². The number of nitrogens with zero attached hydrogens (tertiary/aromatic N) is 2. The largest absolute Gasteiger partial charge is 0.444 e. The molecule has 2 heterocycles. The van der Waals surface area contributed by atoms with Gasteiger partial charge in [-0.2, -0.15) is 0 Å². The van der Waals surface area contributed by atoms with Crippen molar-refractivity contribution in [2.75, 3.05) is 20.1 Å². The quantitative estimate of drug-likeness (QED) is 0.804. The molecule has 15 heavy (non-hydrogen) atoms. The molecule has 4 nitrogen and oxygen atoms in total. The minimum absolute atomic E-state index is 0.627. The average molecular weight is 209 g/mol. The van der Waals surface area contributed by atoms with E-state index >= 15 is 0 Å². The van der Waals surface area contributed by atoms with Crippen LogP contribution in [0.25, 0.3) is 0 Å². The van der Waals surface area contributed by atoms with Crippen molar-refractivity contribution in [3.63, 3.8) is 0 Å². The molecule has 0 amide bonds. The first kappa shape index (κ1) is 10.6. The van der Waals surface area contributed by atoms with E-state index in [1.807, 2.05) is 6.20 Å². The number of aryl methyl sites for hydroxylation is 1. The van der Waals surface area contributed by atoms with Crippen molar-refractivity contribution in [2.24, 2.45) is 0 Å². The van der Waals surface area contributed by atoms with Crippen molar-refractivity contribution >= 4 is 0 Å². The van der Waals surface area contributed by atoms with Crippen molar-refractivity contribution in [3.05, 3.63) is 17.8 Å². The molecule has 0 unspecified atom stereocenters. The third kappa shape index (κ3) is 2.58. The number of oxazole rings is 1. The molecule has 1 aromatic rings. The third-order valence-electron chi connectivity index (χ3n) is 2.99. The molecule has 1 fully saturated rings. The summed E-state index contributed by atoms with van der Waals surface area (Å²) in [7, 11) is 2.13. The zero-order valence-electron chi connectivity index (χ0n) is 9.49. The molecule has 1 N–H and O–H groups in total. The lowest BCUT2D eigenvalue weighted by molar-refractivity contribution is 0.223. The average Bonchev–Trinajstić information content (AvgIpc) is 2.87. The van der Waals surface area contributed by atoms with Gasteiger partial charge in [-0.05, 0) is 20.0 Å². The summed E-state index contributed by atoms with van der Waals surface area (Å²) in [6.07, 6.45) is 3.97. The van der Waals surface area contributed by atoms with Gasteiger partial charge < -0.3 is 9.73 Å². The fourth-order valence-corrected chi connectivity index (χ4v) is 1.94. The Hall–Kier alpha value is -0.870. The van der Waals surface area contributed by atoms with Crippen LogP contribution in [0.15, 0.2) is 10.6 Å². The number of likely N-dealkylation sites (N-methyl/N-ethyl adjacent to an activating group) is 1. The molecular weight excluding hydrogens is 190 g/mol. The summed E-state index contributed by atoms with van der Waals surface area (Å²) in [4.78, 5) is 6.58. The van der Waals surface area contributed by atoms with Crippen molar-refractivity contribution in [2.45, 2.75) is 32.4 Å². The van der Waals surface area contributed by atoms with Gasteiger partial charge in [-0.3, -0.25) is 4.90 Å². The summed E-state index contributed by atoms with van der Waals surface area (Å²) in [5, 5.41) is 3.36. The highest BCUT2D eigenvalue weighted by molar-refractivity contribution is 4.94. The maximum Gasteiger partial charge on any atom is 0.208 e. The predicted octanol–water partition coefficient (Wildman–Crippen LogP) is 1.03. The van der Waals surface area contributed by atoms with Crippen LogP contribution in [-0.2, 0) is 13.0 Å². The summed E-state index contributed by atoms with van der Waals surface area (Å²) in [6.45, 7) is 5.10. The summed E-state index contributed by atoms with van der Waals surface area (Å²) in [5.74, 6) is 1.81. The van der Waals surface area contributed by atoms with Crippen LogP contribution in [0, 0.1) is 0 Å². The smallest absolute Gasteiger partial charge is 0.208 e. The monoisotopic (exact) mass is 209 g/mol. The van der Waals surface area contributed by atoms with Crippen molar-refractivity contribution < 1.29 is 4.42 Å². The Morgan fingerprint density at radius 3 is 3.13 bits per heavy atom. The van der Waals surface area contributed by atoms with Gasteiger partial charge >= 0.3 is 0 Å². The SMILES string of the molecule is CCc1cnc(CN(C)[C@@H]2CCNC2)o1. The van der Waals surface area contributed by atoms with E-state index in [1.54, 1.807) is 0 Å². The second-order valence-corrected chi connectivity index (χ2v) is 4.14. The van der Waals surface area contributed by atoms with Crippen molar-refractivity contribution in [3.8, 4) is 0 Å². The Morgan fingerprint density at radius 2 is 2.53 bits per heavy atom.